The Bertz CT molecular complexity index is 83.0. The quantitative estimate of drug-likeness (QED) is 0.539. The van der Waals surface area contributed by atoms with Gasteiger partial charge in [-0.25, -0.2) is 0 Å². The highest BCUT2D eigenvalue weighted by Gasteiger charge is 2.15. The molecule has 0 spiro atoms. The Morgan fingerprint density at radius 1 is 1.56 bits per heavy atom. The molecular weight excluding hydrogens is 112 g/mol. The second-order valence-electron chi connectivity index (χ2n) is 2.93. The summed E-state index contributed by atoms with van der Waals surface area (Å²) in [7, 11) is 0. The maximum atomic E-state index is 5.50. The molecule has 0 radical (unpaired) electrons. The highest BCUT2D eigenvalue weighted by Crippen LogP contribution is 2.10. The van der Waals surface area contributed by atoms with E-state index in [0.717, 1.165) is 6.54 Å². The summed E-state index contributed by atoms with van der Waals surface area (Å²) in [4.78, 5) is 0. The van der Waals surface area contributed by atoms with Gasteiger partial charge in [-0.05, 0) is 19.8 Å². The lowest BCUT2D eigenvalue weighted by Gasteiger charge is -2.27. The molecule has 3 N–H and O–H groups in total. The summed E-state index contributed by atoms with van der Waals surface area (Å²) >= 11 is 0. The van der Waals surface area contributed by atoms with Crippen molar-refractivity contribution in [1.29, 1.82) is 0 Å². The normalized spacial score (nSPS) is 36.7. The summed E-state index contributed by atoms with van der Waals surface area (Å²) in [6.07, 6.45) is 3.92. The van der Waals surface area contributed by atoms with Gasteiger partial charge in [-0.3, -0.25) is 0 Å². The van der Waals surface area contributed by atoms with Gasteiger partial charge in [0.15, 0.2) is 0 Å². The molecule has 2 atom stereocenters. The maximum absolute atomic E-state index is 5.50. The van der Waals surface area contributed by atoms with Gasteiger partial charge in [0.05, 0.1) is 0 Å². The zero-order valence-corrected chi connectivity index (χ0v) is 6.06. The summed E-state index contributed by atoms with van der Waals surface area (Å²) in [5, 5.41) is 3.44. The fourth-order valence-electron chi connectivity index (χ4n) is 1.43. The average Bonchev–Trinajstić information content (AvgIpc) is 1.88. The van der Waals surface area contributed by atoms with Crippen molar-refractivity contribution in [3.8, 4) is 0 Å². The molecule has 54 valence electrons. The van der Waals surface area contributed by atoms with Crippen LogP contribution in [0.15, 0.2) is 0 Å². The first kappa shape index (κ1) is 7.03. The van der Waals surface area contributed by atoms with Gasteiger partial charge in [-0.15, -0.1) is 0 Å². The molecule has 9 heavy (non-hydrogen) atoms. The largest absolute Gasteiger partial charge is 0.329 e. The van der Waals surface area contributed by atoms with E-state index in [1.807, 2.05) is 0 Å². The molecule has 0 bridgehead atoms. The summed E-state index contributed by atoms with van der Waals surface area (Å²) in [5.74, 6) is 0. The van der Waals surface area contributed by atoms with E-state index in [9.17, 15) is 0 Å². The van der Waals surface area contributed by atoms with Gasteiger partial charge in [-0.1, -0.05) is 6.42 Å². The van der Waals surface area contributed by atoms with Crippen LogP contribution in [0.4, 0.5) is 0 Å². The Labute approximate surface area is 56.8 Å². The third-order valence-electron chi connectivity index (χ3n) is 1.99. The minimum Gasteiger partial charge on any atom is -0.329 e. The van der Waals surface area contributed by atoms with Crippen LogP contribution in [0.5, 0.6) is 0 Å². The van der Waals surface area contributed by atoms with Gasteiger partial charge in [0.2, 0.25) is 0 Å². The van der Waals surface area contributed by atoms with Crippen molar-refractivity contribution in [2.75, 3.05) is 6.54 Å². The molecule has 1 aliphatic heterocycles. The lowest BCUT2D eigenvalue weighted by molar-refractivity contribution is 0.340. The fourth-order valence-corrected chi connectivity index (χ4v) is 1.43. The van der Waals surface area contributed by atoms with Crippen molar-refractivity contribution in [2.45, 2.75) is 38.3 Å². The number of nitrogens with two attached hydrogens (primary N) is 1. The molecule has 0 amide bonds. The molecule has 0 aromatic carbocycles. The molecule has 1 saturated heterocycles. The minimum atomic E-state index is 0.591. The van der Waals surface area contributed by atoms with Crippen LogP contribution in [0, 0.1) is 0 Å². The van der Waals surface area contributed by atoms with E-state index in [4.69, 9.17) is 5.73 Å². The standard InChI is InChI=1S/C7H16N2/c1-6-3-2-4-7(5-8)9-6/h6-7,9H,2-5,8H2,1H3/t6-,7+/m0/s1. The lowest BCUT2D eigenvalue weighted by atomic mass is 10.00. The Balaban J connectivity index is 2.23. The van der Waals surface area contributed by atoms with Gasteiger partial charge in [0, 0.05) is 18.6 Å². The van der Waals surface area contributed by atoms with Crippen molar-refractivity contribution in [3.63, 3.8) is 0 Å². The molecule has 1 rings (SSSR count). The summed E-state index contributed by atoms with van der Waals surface area (Å²) in [6.45, 7) is 3.02. The van der Waals surface area contributed by atoms with Crippen LogP contribution in [0.2, 0.25) is 0 Å². The van der Waals surface area contributed by atoms with Crippen LogP contribution < -0.4 is 11.1 Å². The predicted octanol–water partition coefficient (Wildman–Crippen LogP) is 0.476. The van der Waals surface area contributed by atoms with E-state index in [0.29, 0.717) is 12.1 Å². The summed E-state index contributed by atoms with van der Waals surface area (Å²) in [6, 6.07) is 1.28. The summed E-state index contributed by atoms with van der Waals surface area (Å²) < 4.78 is 0. The van der Waals surface area contributed by atoms with Crippen molar-refractivity contribution in [1.82, 2.24) is 5.32 Å². The SMILES string of the molecule is C[C@H]1CCC[C@H](CN)N1. The zero-order chi connectivity index (χ0) is 6.69. The van der Waals surface area contributed by atoms with E-state index < -0.39 is 0 Å². The molecule has 0 saturated carbocycles. The predicted molar refractivity (Wildman–Crippen MR) is 39.3 cm³/mol. The summed E-state index contributed by atoms with van der Waals surface area (Å²) in [5.41, 5.74) is 5.50. The van der Waals surface area contributed by atoms with Crippen LogP contribution in [0.25, 0.3) is 0 Å². The van der Waals surface area contributed by atoms with Gasteiger partial charge >= 0.3 is 0 Å². The lowest BCUT2D eigenvalue weighted by Crippen LogP contribution is -2.44. The van der Waals surface area contributed by atoms with Crippen molar-refractivity contribution in [2.24, 2.45) is 5.73 Å². The van der Waals surface area contributed by atoms with Crippen LogP contribution in [-0.4, -0.2) is 18.6 Å². The molecule has 1 aliphatic rings. The Kier molecular flexibility index (Phi) is 2.49. The van der Waals surface area contributed by atoms with Crippen molar-refractivity contribution < 1.29 is 0 Å². The first-order valence-electron chi connectivity index (χ1n) is 3.79. The van der Waals surface area contributed by atoms with Crippen molar-refractivity contribution >= 4 is 0 Å². The van der Waals surface area contributed by atoms with E-state index in [-0.39, 0.29) is 0 Å². The third kappa shape index (κ3) is 1.95. The van der Waals surface area contributed by atoms with E-state index in [2.05, 4.69) is 12.2 Å². The molecule has 2 nitrogen and oxygen atoms in total. The van der Waals surface area contributed by atoms with Gasteiger partial charge in [-0.2, -0.15) is 0 Å². The number of nitrogens with one attached hydrogen (secondary N) is 1. The monoisotopic (exact) mass is 128 g/mol. The van der Waals surface area contributed by atoms with Gasteiger partial charge in [0.25, 0.3) is 0 Å². The van der Waals surface area contributed by atoms with Crippen molar-refractivity contribution in [3.05, 3.63) is 0 Å². The minimum absolute atomic E-state index is 0.591. The molecule has 1 heterocycles. The van der Waals surface area contributed by atoms with E-state index in [1.165, 1.54) is 19.3 Å². The maximum Gasteiger partial charge on any atom is 0.0192 e. The highest BCUT2D eigenvalue weighted by atomic mass is 15.0. The van der Waals surface area contributed by atoms with Crippen LogP contribution in [0.3, 0.4) is 0 Å². The number of hydrogen-bond acceptors (Lipinski definition) is 2. The zero-order valence-electron chi connectivity index (χ0n) is 6.06. The Morgan fingerprint density at radius 3 is 2.78 bits per heavy atom. The molecule has 0 unspecified atom stereocenters. The van der Waals surface area contributed by atoms with Crippen LogP contribution in [-0.2, 0) is 0 Å². The Morgan fingerprint density at radius 2 is 2.33 bits per heavy atom. The molecular formula is C7H16N2. The second-order valence-corrected chi connectivity index (χ2v) is 2.93. The smallest absolute Gasteiger partial charge is 0.0192 e. The number of rotatable bonds is 1. The first-order valence-corrected chi connectivity index (χ1v) is 3.79. The fraction of sp³-hybridized carbons (Fsp3) is 1.00. The van der Waals surface area contributed by atoms with Gasteiger partial charge < -0.3 is 11.1 Å². The first-order chi connectivity index (χ1) is 4.33. The number of hydrogen-bond donors (Lipinski definition) is 2. The molecule has 1 fully saturated rings. The second kappa shape index (κ2) is 3.18. The average molecular weight is 128 g/mol. The molecule has 0 aliphatic carbocycles. The van der Waals surface area contributed by atoms with E-state index >= 15 is 0 Å². The molecule has 0 aromatic rings. The molecule has 0 aromatic heterocycles. The topological polar surface area (TPSA) is 38.0 Å². The van der Waals surface area contributed by atoms with E-state index in [1.54, 1.807) is 0 Å². The van der Waals surface area contributed by atoms with Crippen LogP contribution in [0.1, 0.15) is 26.2 Å². The molecule has 2 heteroatoms. The van der Waals surface area contributed by atoms with Gasteiger partial charge in [0.1, 0.15) is 0 Å². The van der Waals surface area contributed by atoms with Crippen LogP contribution >= 0.6 is 0 Å². The number of piperidine rings is 1. The highest BCUT2D eigenvalue weighted by molar-refractivity contribution is 4.77. The Hall–Kier alpha value is -0.0800. The third-order valence-corrected chi connectivity index (χ3v) is 1.99.